The number of piperidine rings is 1. The van der Waals surface area contributed by atoms with E-state index < -0.39 is 18.0 Å². The molecule has 1 fully saturated rings. The van der Waals surface area contributed by atoms with Crippen LogP contribution in [0.15, 0.2) is 0 Å². The Kier molecular flexibility index (Phi) is 5.79. The Morgan fingerprint density at radius 2 is 2.00 bits per heavy atom. The first-order valence-corrected chi connectivity index (χ1v) is 6.50. The maximum Gasteiger partial charge on any atom is 0.471 e. The van der Waals surface area contributed by atoms with Crippen LogP contribution in [0.5, 0.6) is 0 Å². The van der Waals surface area contributed by atoms with E-state index in [1.54, 1.807) is 0 Å². The summed E-state index contributed by atoms with van der Waals surface area (Å²) in [6.45, 7) is 0.991. The first-order valence-electron chi connectivity index (χ1n) is 6.50. The molecule has 5 nitrogen and oxygen atoms in total. The summed E-state index contributed by atoms with van der Waals surface area (Å²) in [5.74, 6) is -2.70. The molecule has 1 saturated heterocycles. The van der Waals surface area contributed by atoms with Gasteiger partial charge >= 0.3 is 12.1 Å². The minimum absolute atomic E-state index is 0.0554. The molecular formula is C12H20F3N3O2. The topological polar surface area (TPSA) is 52.7 Å². The molecule has 0 aromatic carbocycles. The summed E-state index contributed by atoms with van der Waals surface area (Å²) in [5.41, 5.74) is 0. The lowest BCUT2D eigenvalue weighted by Crippen LogP contribution is -2.49. The van der Waals surface area contributed by atoms with Crippen molar-refractivity contribution in [1.82, 2.24) is 15.1 Å². The molecule has 2 amide bonds. The van der Waals surface area contributed by atoms with Crippen LogP contribution in [0.1, 0.15) is 12.8 Å². The number of nitrogens with zero attached hydrogens (tertiary/aromatic N) is 2. The lowest BCUT2D eigenvalue weighted by molar-refractivity contribution is -0.187. The van der Waals surface area contributed by atoms with E-state index in [0.717, 1.165) is 4.90 Å². The Morgan fingerprint density at radius 3 is 2.55 bits per heavy atom. The normalized spacial score (nSPS) is 20.1. The van der Waals surface area contributed by atoms with Crippen molar-refractivity contribution in [3.05, 3.63) is 0 Å². The van der Waals surface area contributed by atoms with Gasteiger partial charge in [0, 0.05) is 26.2 Å². The Balaban J connectivity index is 2.48. The molecule has 0 aromatic rings. The third-order valence-corrected chi connectivity index (χ3v) is 3.18. The first-order chi connectivity index (χ1) is 9.21. The van der Waals surface area contributed by atoms with Gasteiger partial charge in [-0.15, -0.1) is 0 Å². The molecule has 20 heavy (non-hydrogen) atoms. The Morgan fingerprint density at radius 1 is 1.35 bits per heavy atom. The molecule has 1 unspecified atom stereocenters. The Bertz CT molecular complexity index is 358. The van der Waals surface area contributed by atoms with Crippen LogP contribution in [0.4, 0.5) is 13.2 Å². The summed E-state index contributed by atoms with van der Waals surface area (Å²) in [6, 6.07) is 0. The van der Waals surface area contributed by atoms with Gasteiger partial charge in [0.05, 0.1) is 5.92 Å². The van der Waals surface area contributed by atoms with E-state index in [0.29, 0.717) is 25.9 Å². The zero-order valence-electron chi connectivity index (χ0n) is 11.7. The van der Waals surface area contributed by atoms with Gasteiger partial charge in [-0.2, -0.15) is 13.2 Å². The van der Waals surface area contributed by atoms with Crippen LogP contribution in [0, 0.1) is 5.92 Å². The molecule has 116 valence electrons. The van der Waals surface area contributed by atoms with E-state index in [1.165, 1.54) is 0 Å². The van der Waals surface area contributed by atoms with Gasteiger partial charge in [0.25, 0.3) is 0 Å². The number of hydrogen-bond donors (Lipinski definition) is 1. The number of hydrogen-bond acceptors (Lipinski definition) is 3. The standard InChI is InChI=1S/C12H20F3N3O2/c1-17(2)7-5-16-10(19)9-4-3-6-18(8-9)11(20)12(13,14)15/h9H,3-8H2,1-2H3,(H,16,19). The molecule has 0 bridgehead atoms. The molecular weight excluding hydrogens is 275 g/mol. The minimum atomic E-state index is -4.87. The summed E-state index contributed by atoms with van der Waals surface area (Å²) in [6.07, 6.45) is -3.95. The molecule has 1 aliphatic heterocycles. The molecule has 1 aliphatic rings. The highest BCUT2D eigenvalue weighted by atomic mass is 19.4. The van der Waals surface area contributed by atoms with Crippen LogP contribution in [-0.4, -0.2) is 68.1 Å². The van der Waals surface area contributed by atoms with Gasteiger partial charge in [-0.1, -0.05) is 0 Å². The van der Waals surface area contributed by atoms with E-state index in [2.05, 4.69) is 5.32 Å². The number of rotatable bonds is 4. The van der Waals surface area contributed by atoms with E-state index in [1.807, 2.05) is 19.0 Å². The van der Waals surface area contributed by atoms with Crippen LogP contribution >= 0.6 is 0 Å². The molecule has 0 aromatic heterocycles. The van der Waals surface area contributed by atoms with Crippen molar-refractivity contribution in [2.45, 2.75) is 19.0 Å². The Labute approximate surface area is 116 Å². The van der Waals surface area contributed by atoms with Crippen LogP contribution in [-0.2, 0) is 9.59 Å². The predicted molar refractivity (Wildman–Crippen MR) is 66.9 cm³/mol. The average molecular weight is 295 g/mol. The van der Waals surface area contributed by atoms with Gasteiger partial charge in [0.15, 0.2) is 0 Å². The summed E-state index contributed by atoms with van der Waals surface area (Å²) in [4.78, 5) is 25.6. The van der Waals surface area contributed by atoms with Gasteiger partial charge in [-0.25, -0.2) is 0 Å². The number of likely N-dealkylation sites (N-methyl/N-ethyl adjacent to an activating group) is 1. The average Bonchev–Trinajstić information content (AvgIpc) is 2.36. The number of carbonyl (C=O) groups is 2. The number of nitrogens with one attached hydrogen (secondary N) is 1. The van der Waals surface area contributed by atoms with Gasteiger partial charge in [-0.05, 0) is 26.9 Å². The second kappa shape index (κ2) is 6.92. The van der Waals surface area contributed by atoms with Crippen molar-refractivity contribution in [3.63, 3.8) is 0 Å². The maximum absolute atomic E-state index is 12.4. The lowest BCUT2D eigenvalue weighted by Gasteiger charge is -2.32. The number of halogens is 3. The highest BCUT2D eigenvalue weighted by molar-refractivity contribution is 5.84. The fraction of sp³-hybridized carbons (Fsp3) is 0.833. The maximum atomic E-state index is 12.4. The summed E-state index contributed by atoms with van der Waals surface area (Å²) >= 11 is 0. The summed E-state index contributed by atoms with van der Waals surface area (Å²) < 4.78 is 37.1. The quantitative estimate of drug-likeness (QED) is 0.820. The third kappa shape index (κ3) is 4.99. The van der Waals surface area contributed by atoms with Gasteiger partial charge in [-0.3, -0.25) is 9.59 Å². The SMILES string of the molecule is CN(C)CCNC(=O)C1CCCN(C(=O)C(F)(F)F)C1. The van der Waals surface area contributed by atoms with Gasteiger partial charge in [0.1, 0.15) is 0 Å². The van der Waals surface area contributed by atoms with Crippen molar-refractivity contribution in [3.8, 4) is 0 Å². The van der Waals surface area contributed by atoms with E-state index in [4.69, 9.17) is 0 Å². The fourth-order valence-corrected chi connectivity index (χ4v) is 2.10. The van der Waals surface area contributed by atoms with E-state index in [-0.39, 0.29) is 19.0 Å². The summed E-state index contributed by atoms with van der Waals surface area (Å²) in [7, 11) is 3.72. The zero-order valence-corrected chi connectivity index (χ0v) is 11.7. The van der Waals surface area contributed by atoms with Crippen molar-refractivity contribution < 1.29 is 22.8 Å². The largest absolute Gasteiger partial charge is 0.471 e. The van der Waals surface area contributed by atoms with Crippen LogP contribution < -0.4 is 5.32 Å². The van der Waals surface area contributed by atoms with Gasteiger partial charge < -0.3 is 15.1 Å². The highest BCUT2D eigenvalue weighted by Crippen LogP contribution is 2.23. The zero-order chi connectivity index (χ0) is 15.3. The molecule has 1 atom stereocenters. The van der Waals surface area contributed by atoms with Crippen molar-refractivity contribution in [1.29, 1.82) is 0 Å². The van der Waals surface area contributed by atoms with Crippen molar-refractivity contribution in [2.24, 2.45) is 5.92 Å². The van der Waals surface area contributed by atoms with Crippen molar-refractivity contribution >= 4 is 11.8 Å². The fourth-order valence-electron chi connectivity index (χ4n) is 2.10. The number of carbonyl (C=O) groups excluding carboxylic acids is 2. The smallest absolute Gasteiger partial charge is 0.355 e. The predicted octanol–water partition coefficient (Wildman–Crippen LogP) is 0.465. The monoisotopic (exact) mass is 295 g/mol. The van der Waals surface area contributed by atoms with E-state index >= 15 is 0 Å². The molecule has 1 rings (SSSR count). The minimum Gasteiger partial charge on any atom is -0.355 e. The van der Waals surface area contributed by atoms with Gasteiger partial charge in [0.2, 0.25) is 5.91 Å². The number of amides is 2. The van der Waals surface area contributed by atoms with Crippen LogP contribution in [0.25, 0.3) is 0 Å². The highest BCUT2D eigenvalue weighted by Gasteiger charge is 2.44. The molecule has 0 saturated carbocycles. The van der Waals surface area contributed by atoms with E-state index in [9.17, 15) is 22.8 Å². The van der Waals surface area contributed by atoms with Crippen LogP contribution in [0.2, 0.25) is 0 Å². The molecule has 0 aliphatic carbocycles. The number of likely N-dealkylation sites (tertiary alicyclic amines) is 1. The second-order valence-electron chi connectivity index (χ2n) is 5.18. The first kappa shape index (κ1) is 16.7. The molecule has 8 heteroatoms. The Hall–Kier alpha value is -1.31. The van der Waals surface area contributed by atoms with Crippen molar-refractivity contribution in [2.75, 3.05) is 40.3 Å². The molecule has 1 heterocycles. The molecule has 1 N–H and O–H groups in total. The lowest BCUT2D eigenvalue weighted by atomic mass is 9.97. The molecule has 0 radical (unpaired) electrons. The second-order valence-corrected chi connectivity index (χ2v) is 5.18. The summed E-state index contributed by atoms with van der Waals surface area (Å²) in [5, 5.41) is 2.68. The number of alkyl halides is 3. The van der Waals surface area contributed by atoms with Crippen LogP contribution in [0.3, 0.4) is 0 Å². The molecule has 0 spiro atoms. The third-order valence-electron chi connectivity index (χ3n) is 3.18.